The second kappa shape index (κ2) is 5.94. The lowest BCUT2D eigenvalue weighted by Gasteiger charge is -2.33. The van der Waals surface area contributed by atoms with Gasteiger partial charge < -0.3 is 10.2 Å². The quantitative estimate of drug-likeness (QED) is 0.861. The summed E-state index contributed by atoms with van der Waals surface area (Å²) in [5, 5.41) is 3.40. The number of nitrogens with one attached hydrogen (secondary N) is 2. The summed E-state index contributed by atoms with van der Waals surface area (Å²) >= 11 is 0. The van der Waals surface area contributed by atoms with Gasteiger partial charge in [0.15, 0.2) is 0 Å². The van der Waals surface area contributed by atoms with E-state index in [-0.39, 0.29) is 6.04 Å². The van der Waals surface area contributed by atoms with E-state index in [1.807, 2.05) is 12.1 Å². The zero-order valence-electron chi connectivity index (χ0n) is 12.4. The molecule has 1 heterocycles. The van der Waals surface area contributed by atoms with E-state index in [9.17, 15) is 8.42 Å². The minimum atomic E-state index is -3.35. The van der Waals surface area contributed by atoms with Crippen molar-refractivity contribution in [3.05, 3.63) is 24.3 Å². The second-order valence-corrected chi connectivity index (χ2v) is 7.71. The van der Waals surface area contributed by atoms with Gasteiger partial charge in [0, 0.05) is 31.4 Å². The van der Waals surface area contributed by atoms with Crippen LogP contribution in [0.15, 0.2) is 29.2 Å². The Labute approximate surface area is 126 Å². The molecule has 116 valence electrons. The maximum Gasteiger partial charge on any atom is 0.240 e. The molecule has 0 radical (unpaired) electrons. The van der Waals surface area contributed by atoms with Gasteiger partial charge in [-0.15, -0.1) is 0 Å². The molecule has 1 aromatic rings. The van der Waals surface area contributed by atoms with E-state index in [1.54, 1.807) is 12.1 Å². The normalized spacial score (nSPS) is 23.0. The largest absolute Gasteiger partial charge is 0.370 e. The van der Waals surface area contributed by atoms with Crippen molar-refractivity contribution in [2.75, 3.05) is 25.0 Å². The van der Waals surface area contributed by atoms with Crippen LogP contribution in [0, 0.1) is 0 Å². The molecule has 6 heteroatoms. The van der Waals surface area contributed by atoms with Crippen molar-refractivity contribution in [3.8, 4) is 0 Å². The van der Waals surface area contributed by atoms with Crippen LogP contribution in [0.3, 0.4) is 0 Å². The fourth-order valence-corrected chi connectivity index (χ4v) is 4.03. The highest BCUT2D eigenvalue weighted by atomic mass is 32.2. The van der Waals surface area contributed by atoms with Crippen molar-refractivity contribution in [2.24, 2.45) is 0 Å². The van der Waals surface area contributed by atoms with Crippen LogP contribution in [0.1, 0.15) is 25.7 Å². The molecule has 1 aliphatic heterocycles. The number of nitrogens with zero attached hydrogens (tertiary/aromatic N) is 1. The summed E-state index contributed by atoms with van der Waals surface area (Å²) in [4.78, 5) is 2.59. The van der Waals surface area contributed by atoms with Crippen LogP contribution in [0.25, 0.3) is 0 Å². The van der Waals surface area contributed by atoms with Gasteiger partial charge in [0.25, 0.3) is 0 Å². The zero-order valence-corrected chi connectivity index (χ0v) is 13.2. The number of hydrogen-bond acceptors (Lipinski definition) is 4. The van der Waals surface area contributed by atoms with Crippen molar-refractivity contribution >= 4 is 15.7 Å². The minimum Gasteiger partial charge on any atom is -0.370 e. The number of rotatable bonds is 5. The maximum atomic E-state index is 12.1. The van der Waals surface area contributed by atoms with Gasteiger partial charge in [0.05, 0.1) is 4.90 Å². The van der Waals surface area contributed by atoms with Gasteiger partial charge in [-0.05, 0) is 56.5 Å². The van der Waals surface area contributed by atoms with Crippen LogP contribution >= 0.6 is 0 Å². The standard InChI is InChI=1S/C15H23N3O2S/c1-18(14-3-2-10-16-11-14)13-6-8-15(9-7-13)21(19,20)17-12-4-5-12/h6-9,12,14,16-17H,2-5,10-11H2,1H3. The first kappa shape index (κ1) is 14.8. The van der Waals surface area contributed by atoms with Gasteiger partial charge in [-0.2, -0.15) is 0 Å². The van der Waals surface area contributed by atoms with E-state index in [1.165, 1.54) is 12.8 Å². The van der Waals surface area contributed by atoms with E-state index >= 15 is 0 Å². The van der Waals surface area contributed by atoms with E-state index in [2.05, 4.69) is 22.0 Å². The van der Waals surface area contributed by atoms with Crippen LogP contribution < -0.4 is 14.9 Å². The van der Waals surface area contributed by atoms with Crippen molar-refractivity contribution in [1.29, 1.82) is 0 Å². The van der Waals surface area contributed by atoms with E-state index in [0.717, 1.165) is 31.6 Å². The summed E-state index contributed by atoms with van der Waals surface area (Å²) in [6.45, 7) is 2.08. The molecular formula is C15H23N3O2S. The van der Waals surface area contributed by atoms with Crippen LogP contribution in [-0.4, -0.2) is 40.6 Å². The highest BCUT2D eigenvalue weighted by Crippen LogP contribution is 2.24. The third-order valence-corrected chi connectivity index (χ3v) is 5.81. The maximum absolute atomic E-state index is 12.1. The predicted octanol–water partition coefficient (Wildman–Crippen LogP) is 1.32. The number of sulfonamides is 1. The van der Waals surface area contributed by atoms with Crippen LogP contribution in [0.4, 0.5) is 5.69 Å². The Balaban J connectivity index is 1.70. The fraction of sp³-hybridized carbons (Fsp3) is 0.600. The number of piperidine rings is 1. The molecule has 1 saturated heterocycles. The molecule has 0 amide bonds. The molecule has 2 aliphatic rings. The molecular weight excluding hydrogens is 286 g/mol. The summed E-state index contributed by atoms with van der Waals surface area (Å²) in [5.74, 6) is 0. The highest BCUT2D eigenvalue weighted by Gasteiger charge is 2.28. The van der Waals surface area contributed by atoms with Crippen molar-refractivity contribution in [1.82, 2.24) is 10.0 Å². The van der Waals surface area contributed by atoms with E-state index < -0.39 is 10.0 Å². The van der Waals surface area contributed by atoms with Crippen LogP contribution in [-0.2, 0) is 10.0 Å². The van der Waals surface area contributed by atoms with Gasteiger partial charge in [-0.1, -0.05) is 0 Å². The molecule has 2 N–H and O–H groups in total. The van der Waals surface area contributed by atoms with Crippen LogP contribution in [0.5, 0.6) is 0 Å². The highest BCUT2D eigenvalue weighted by molar-refractivity contribution is 7.89. The van der Waals surface area contributed by atoms with Gasteiger partial charge in [0.2, 0.25) is 10.0 Å². The summed E-state index contributed by atoms with van der Waals surface area (Å²) in [7, 11) is -1.27. The summed E-state index contributed by atoms with van der Waals surface area (Å²) in [6.07, 6.45) is 4.27. The Morgan fingerprint density at radius 3 is 2.48 bits per heavy atom. The monoisotopic (exact) mass is 309 g/mol. The molecule has 1 aromatic carbocycles. The molecule has 3 rings (SSSR count). The van der Waals surface area contributed by atoms with Gasteiger partial charge >= 0.3 is 0 Å². The molecule has 5 nitrogen and oxygen atoms in total. The third kappa shape index (κ3) is 3.56. The van der Waals surface area contributed by atoms with Crippen molar-refractivity contribution in [2.45, 2.75) is 42.7 Å². The molecule has 2 fully saturated rings. The van der Waals surface area contributed by atoms with E-state index in [4.69, 9.17) is 0 Å². The first-order valence-electron chi connectivity index (χ1n) is 7.62. The topological polar surface area (TPSA) is 61.4 Å². The van der Waals surface area contributed by atoms with E-state index in [0.29, 0.717) is 10.9 Å². The Morgan fingerprint density at radius 1 is 1.19 bits per heavy atom. The summed E-state index contributed by atoms with van der Waals surface area (Å²) in [5.41, 5.74) is 1.06. The number of likely N-dealkylation sites (N-methyl/N-ethyl adjacent to an activating group) is 1. The molecule has 0 bridgehead atoms. The predicted molar refractivity (Wildman–Crippen MR) is 84.1 cm³/mol. The molecule has 21 heavy (non-hydrogen) atoms. The first-order valence-corrected chi connectivity index (χ1v) is 9.10. The minimum absolute atomic E-state index is 0.144. The molecule has 1 saturated carbocycles. The molecule has 0 spiro atoms. The van der Waals surface area contributed by atoms with Crippen molar-refractivity contribution < 1.29 is 8.42 Å². The first-order chi connectivity index (χ1) is 10.1. The number of benzene rings is 1. The zero-order chi connectivity index (χ0) is 14.9. The van der Waals surface area contributed by atoms with Gasteiger partial charge in [-0.3, -0.25) is 0 Å². The number of anilines is 1. The average Bonchev–Trinajstić information content (AvgIpc) is 3.31. The Hall–Kier alpha value is -1.11. The third-order valence-electron chi connectivity index (χ3n) is 4.27. The average molecular weight is 309 g/mol. The summed E-state index contributed by atoms with van der Waals surface area (Å²) in [6, 6.07) is 7.82. The fourth-order valence-electron chi connectivity index (χ4n) is 2.72. The van der Waals surface area contributed by atoms with Crippen LogP contribution in [0.2, 0.25) is 0 Å². The lowest BCUT2D eigenvalue weighted by atomic mass is 10.1. The lowest BCUT2D eigenvalue weighted by molar-refractivity contribution is 0.445. The van der Waals surface area contributed by atoms with Gasteiger partial charge in [0.1, 0.15) is 0 Å². The molecule has 0 aromatic heterocycles. The SMILES string of the molecule is CN(c1ccc(S(=O)(=O)NC2CC2)cc1)C1CCCNC1. The Bertz CT molecular complexity index is 575. The summed E-state index contributed by atoms with van der Waals surface area (Å²) < 4.78 is 27.0. The van der Waals surface area contributed by atoms with Gasteiger partial charge in [-0.25, -0.2) is 13.1 Å². The Morgan fingerprint density at radius 2 is 1.90 bits per heavy atom. The Kier molecular flexibility index (Phi) is 4.19. The molecule has 1 atom stereocenters. The smallest absolute Gasteiger partial charge is 0.240 e. The second-order valence-electron chi connectivity index (χ2n) is 6.00. The number of hydrogen-bond donors (Lipinski definition) is 2. The molecule has 1 unspecified atom stereocenters. The lowest BCUT2D eigenvalue weighted by Crippen LogP contribution is -2.44. The molecule has 1 aliphatic carbocycles. The van der Waals surface area contributed by atoms with Crippen molar-refractivity contribution in [3.63, 3.8) is 0 Å².